The van der Waals surface area contributed by atoms with Crippen LogP contribution in [-0.4, -0.2) is 39.9 Å². The average Bonchev–Trinajstić information content (AvgIpc) is 3.29. The van der Waals surface area contributed by atoms with Gasteiger partial charge in [-0.1, -0.05) is 18.2 Å². The molecule has 2 heterocycles. The number of aryl methyl sites for hydroxylation is 2. The van der Waals surface area contributed by atoms with E-state index >= 15 is 0 Å². The van der Waals surface area contributed by atoms with Crippen LogP contribution in [0.2, 0.25) is 0 Å². The number of aromatic amines is 1. The maximum Gasteiger partial charge on any atom is 0.573 e. The predicted octanol–water partition coefficient (Wildman–Crippen LogP) is 4.26. The van der Waals surface area contributed by atoms with Crippen LogP contribution in [0.4, 0.5) is 13.2 Å². The minimum atomic E-state index is -4.80. The molecule has 0 bridgehead atoms. The van der Waals surface area contributed by atoms with Crippen LogP contribution in [0.1, 0.15) is 28.2 Å². The van der Waals surface area contributed by atoms with Gasteiger partial charge in [-0.05, 0) is 30.9 Å². The van der Waals surface area contributed by atoms with E-state index in [1.54, 1.807) is 17.4 Å². The molecule has 11 heteroatoms. The number of alkyl halides is 3. The number of para-hydroxylation sites is 1. The van der Waals surface area contributed by atoms with E-state index in [9.17, 15) is 22.8 Å². The zero-order valence-corrected chi connectivity index (χ0v) is 18.8. The van der Waals surface area contributed by atoms with Crippen molar-refractivity contribution in [2.24, 2.45) is 0 Å². The van der Waals surface area contributed by atoms with Crippen LogP contribution in [0, 0.1) is 0 Å². The number of carbonyl (C=O) groups is 1. The summed E-state index contributed by atoms with van der Waals surface area (Å²) in [6, 6.07) is 5.73. The Kier molecular flexibility index (Phi) is 6.47. The molecule has 170 valence electrons. The minimum Gasteiger partial charge on any atom is -0.405 e. The SMILES string of the molecule is CN(Cc1ccccc1OC(F)(F)F)C(=O)CSCc1nc2sc3c(c2c(=O)[nH]1)CCC3. The number of rotatable bonds is 7. The lowest BCUT2D eigenvalue weighted by molar-refractivity contribution is -0.275. The number of thiophene rings is 1. The number of nitrogens with zero attached hydrogens (tertiary/aromatic N) is 2. The lowest BCUT2D eigenvalue weighted by atomic mass is 10.2. The molecule has 0 saturated carbocycles. The van der Waals surface area contributed by atoms with Gasteiger partial charge in [-0.25, -0.2) is 4.98 Å². The Balaban J connectivity index is 1.35. The molecule has 1 aliphatic carbocycles. The Hall–Kier alpha value is -2.53. The summed E-state index contributed by atoms with van der Waals surface area (Å²) in [6.45, 7) is -0.0204. The highest BCUT2D eigenvalue weighted by atomic mass is 32.2. The molecule has 0 atom stereocenters. The van der Waals surface area contributed by atoms with E-state index in [2.05, 4.69) is 14.7 Å². The van der Waals surface area contributed by atoms with Gasteiger partial charge in [0.2, 0.25) is 5.91 Å². The largest absolute Gasteiger partial charge is 0.573 e. The second kappa shape index (κ2) is 9.14. The normalized spacial score (nSPS) is 13.4. The standard InChI is InChI=1S/C21H20F3N3O3S2/c1-27(9-12-5-2-3-7-14(12)30-21(22,23)24)17(28)11-31-10-16-25-19(29)18-13-6-4-8-15(13)32-20(18)26-16/h2-3,5,7H,4,6,8-11H2,1H3,(H,25,26,29). The van der Waals surface area contributed by atoms with Gasteiger partial charge in [0, 0.05) is 24.0 Å². The molecule has 0 fully saturated rings. The minimum absolute atomic E-state index is 0.0204. The van der Waals surface area contributed by atoms with Crippen LogP contribution in [0.3, 0.4) is 0 Å². The molecule has 0 saturated heterocycles. The molecule has 0 unspecified atom stereocenters. The summed E-state index contributed by atoms with van der Waals surface area (Å²) in [7, 11) is 1.52. The quantitative estimate of drug-likeness (QED) is 0.544. The van der Waals surface area contributed by atoms with Crippen molar-refractivity contribution in [2.45, 2.75) is 37.9 Å². The number of hydrogen-bond donors (Lipinski definition) is 1. The highest BCUT2D eigenvalue weighted by Gasteiger charge is 2.32. The number of benzene rings is 1. The molecule has 0 aliphatic heterocycles. The summed E-state index contributed by atoms with van der Waals surface area (Å²) in [4.78, 5) is 35.6. The summed E-state index contributed by atoms with van der Waals surface area (Å²) in [5, 5.41) is 0.687. The van der Waals surface area contributed by atoms with Gasteiger partial charge in [-0.3, -0.25) is 9.59 Å². The molecule has 0 radical (unpaired) electrons. The van der Waals surface area contributed by atoms with Crippen molar-refractivity contribution in [1.82, 2.24) is 14.9 Å². The fourth-order valence-electron chi connectivity index (χ4n) is 3.66. The Bertz CT molecular complexity index is 1210. The Labute approximate surface area is 189 Å². The molecular formula is C21H20F3N3O3S2. The van der Waals surface area contributed by atoms with Crippen molar-refractivity contribution in [1.29, 1.82) is 0 Å². The van der Waals surface area contributed by atoms with Crippen LogP contribution in [0.5, 0.6) is 5.75 Å². The Morgan fingerprint density at radius 1 is 1.31 bits per heavy atom. The number of thioether (sulfide) groups is 1. The van der Waals surface area contributed by atoms with Gasteiger partial charge in [0.25, 0.3) is 5.56 Å². The van der Waals surface area contributed by atoms with E-state index in [0.717, 1.165) is 29.7 Å². The third-order valence-corrected chi connectivity index (χ3v) is 7.23. The first-order chi connectivity index (χ1) is 15.2. The molecule has 32 heavy (non-hydrogen) atoms. The molecule has 2 aromatic heterocycles. The van der Waals surface area contributed by atoms with Crippen LogP contribution < -0.4 is 10.3 Å². The number of halogens is 3. The second-order valence-electron chi connectivity index (χ2n) is 7.45. The van der Waals surface area contributed by atoms with Gasteiger partial charge in [-0.15, -0.1) is 36.3 Å². The summed E-state index contributed by atoms with van der Waals surface area (Å²) in [6.07, 6.45) is -1.84. The van der Waals surface area contributed by atoms with Gasteiger partial charge >= 0.3 is 6.36 Å². The number of ether oxygens (including phenoxy) is 1. The smallest absolute Gasteiger partial charge is 0.405 e. The molecule has 4 rings (SSSR count). The summed E-state index contributed by atoms with van der Waals surface area (Å²) in [5.41, 5.74) is 1.23. The van der Waals surface area contributed by atoms with Crippen molar-refractivity contribution >= 4 is 39.2 Å². The fourth-order valence-corrected chi connectivity index (χ4v) is 5.77. The highest BCUT2D eigenvalue weighted by Crippen LogP contribution is 2.34. The van der Waals surface area contributed by atoms with Gasteiger partial charge < -0.3 is 14.6 Å². The number of H-pyrrole nitrogens is 1. The van der Waals surface area contributed by atoms with E-state index < -0.39 is 6.36 Å². The first-order valence-electron chi connectivity index (χ1n) is 9.90. The van der Waals surface area contributed by atoms with E-state index in [1.807, 2.05) is 0 Å². The van der Waals surface area contributed by atoms with Crippen molar-refractivity contribution in [3.63, 3.8) is 0 Å². The molecule has 6 nitrogen and oxygen atoms in total. The summed E-state index contributed by atoms with van der Waals surface area (Å²) in [5.74, 6) is 0.370. The highest BCUT2D eigenvalue weighted by molar-refractivity contribution is 7.99. The van der Waals surface area contributed by atoms with Gasteiger partial charge in [0.15, 0.2) is 0 Å². The number of amides is 1. The van der Waals surface area contributed by atoms with Gasteiger partial charge in [-0.2, -0.15) is 0 Å². The van der Waals surface area contributed by atoms with Crippen LogP contribution >= 0.6 is 23.1 Å². The Morgan fingerprint density at radius 3 is 2.88 bits per heavy atom. The first kappa shape index (κ1) is 22.7. The van der Waals surface area contributed by atoms with E-state index in [0.29, 0.717) is 17.0 Å². The van der Waals surface area contributed by atoms with Crippen molar-refractivity contribution in [3.8, 4) is 5.75 Å². The molecule has 3 aromatic rings. The number of aromatic nitrogens is 2. The van der Waals surface area contributed by atoms with E-state index in [4.69, 9.17) is 0 Å². The average molecular weight is 484 g/mol. The van der Waals surface area contributed by atoms with Gasteiger partial charge in [0.05, 0.1) is 16.9 Å². The number of hydrogen-bond acceptors (Lipinski definition) is 6. The second-order valence-corrected chi connectivity index (χ2v) is 9.52. The third-order valence-electron chi connectivity index (χ3n) is 5.12. The van der Waals surface area contributed by atoms with Crippen LogP contribution in [0.15, 0.2) is 29.1 Å². The topological polar surface area (TPSA) is 75.3 Å². The fraction of sp³-hybridized carbons (Fsp3) is 0.381. The van der Waals surface area contributed by atoms with Crippen molar-refractivity contribution < 1.29 is 22.7 Å². The maximum absolute atomic E-state index is 12.6. The number of nitrogens with one attached hydrogen (secondary N) is 1. The monoisotopic (exact) mass is 483 g/mol. The first-order valence-corrected chi connectivity index (χ1v) is 11.9. The number of fused-ring (bicyclic) bond motifs is 3. The molecule has 1 aliphatic rings. The van der Waals surface area contributed by atoms with Crippen LogP contribution in [-0.2, 0) is 29.9 Å². The molecule has 1 amide bonds. The van der Waals surface area contributed by atoms with Crippen molar-refractivity contribution in [3.05, 3.63) is 56.4 Å². The number of carbonyl (C=O) groups excluding carboxylic acids is 1. The summed E-state index contributed by atoms with van der Waals surface area (Å²) < 4.78 is 41.8. The zero-order chi connectivity index (χ0) is 22.9. The molecule has 1 aromatic carbocycles. The maximum atomic E-state index is 12.6. The van der Waals surface area contributed by atoms with Crippen LogP contribution in [0.25, 0.3) is 10.2 Å². The lowest BCUT2D eigenvalue weighted by Crippen LogP contribution is -2.28. The van der Waals surface area contributed by atoms with Gasteiger partial charge in [0.1, 0.15) is 16.4 Å². The molecule has 0 spiro atoms. The Morgan fingerprint density at radius 2 is 2.09 bits per heavy atom. The third kappa shape index (κ3) is 5.09. The summed E-state index contributed by atoms with van der Waals surface area (Å²) >= 11 is 2.84. The van der Waals surface area contributed by atoms with E-state index in [1.165, 1.54) is 46.8 Å². The van der Waals surface area contributed by atoms with E-state index in [-0.39, 0.29) is 35.1 Å². The zero-order valence-electron chi connectivity index (χ0n) is 17.1. The van der Waals surface area contributed by atoms with Crippen molar-refractivity contribution in [2.75, 3.05) is 12.8 Å². The molecular weight excluding hydrogens is 463 g/mol. The molecule has 1 N–H and O–H groups in total. The lowest BCUT2D eigenvalue weighted by Gasteiger charge is -2.19. The predicted molar refractivity (Wildman–Crippen MR) is 118 cm³/mol.